The Hall–Kier alpha value is -2.89. The van der Waals surface area contributed by atoms with Crippen molar-refractivity contribution in [3.63, 3.8) is 0 Å². The number of hydrogen-bond donors (Lipinski definition) is 1. The van der Waals surface area contributed by atoms with E-state index >= 15 is 0 Å². The average Bonchev–Trinajstić information content (AvgIpc) is 3.13. The lowest BCUT2D eigenvalue weighted by Gasteiger charge is -2.01. The fraction of sp³-hybridized carbons (Fsp3) is 0.0714. The number of nitrogens with one attached hydrogen (secondary N) is 1. The number of ether oxygens (including phenoxy) is 1. The highest BCUT2D eigenvalue weighted by Gasteiger charge is 2.11. The summed E-state index contributed by atoms with van der Waals surface area (Å²) in [5, 5.41) is 8.48. The SMILES string of the molecule is COc1ccc(-c2nnn3c2cnc2[nH]ccc23)cc1. The van der Waals surface area contributed by atoms with E-state index in [1.54, 1.807) is 17.8 Å². The summed E-state index contributed by atoms with van der Waals surface area (Å²) >= 11 is 0. The fourth-order valence-electron chi connectivity index (χ4n) is 2.29. The first-order chi connectivity index (χ1) is 9.86. The molecular formula is C14H11N5O. The summed E-state index contributed by atoms with van der Waals surface area (Å²) in [5.41, 5.74) is 4.38. The molecule has 0 aliphatic rings. The van der Waals surface area contributed by atoms with Gasteiger partial charge in [0.25, 0.3) is 0 Å². The van der Waals surface area contributed by atoms with E-state index in [2.05, 4.69) is 20.3 Å². The Bertz CT molecular complexity index is 891. The Morgan fingerprint density at radius 2 is 1.95 bits per heavy atom. The van der Waals surface area contributed by atoms with Crippen LogP contribution in [0, 0.1) is 0 Å². The van der Waals surface area contributed by atoms with E-state index in [9.17, 15) is 0 Å². The molecule has 0 aliphatic heterocycles. The van der Waals surface area contributed by atoms with Gasteiger partial charge in [-0.1, -0.05) is 5.21 Å². The van der Waals surface area contributed by atoms with E-state index in [0.717, 1.165) is 33.7 Å². The van der Waals surface area contributed by atoms with Crippen LogP contribution in [0.3, 0.4) is 0 Å². The molecule has 0 bridgehead atoms. The Morgan fingerprint density at radius 3 is 2.75 bits per heavy atom. The third-order valence-electron chi connectivity index (χ3n) is 3.32. The molecular weight excluding hydrogens is 254 g/mol. The number of fused-ring (bicyclic) bond motifs is 3. The van der Waals surface area contributed by atoms with E-state index in [1.165, 1.54) is 0 Å². The summed E-state index contributed by atoms with van der Waals surface area (Å²) < 4.78 is 6.95. The van der Waals surface area contributed by atoms with Gasteiger partial charge in [0.05, 0.1) is 13.3 Å². The van der Waals surface area contributed by atoms with Gasteiger partial charge < -0.3 is 9.72 Å². The molecule has 20 heavy (non-hydrogen) atoms. The number of methoxy groups -OCH3 is 1. The van der Waals surface area contributed by atoms with Crippen molar-refractivity contribution in [1.82, 2.24) is 24.8 Å². The van der Waals surface area contributed by atoms with Crippen molar-refractivity contribution >= 4 is 16.7 Å². The highest BCUT2D eigenvalue weighted by Crippen LogP contribution is 2.25. The predicted octanol–water partition coefficient (Wildman–Crippen LogP) is 2.28. The second-order valence-electron chi connectivity index (χ2n) is 4.43. The van der Waals surface area contributed by atoms with Crippen molar-refractivity contribution in [2.45, 2.75) is 0 Å². The number of rotatable bonds is 2. The van der Waals surface area contributed by atoms with Crippen molar-refractivity contribution < 1.29 is 4.74 Å². The van der Waals surface area contributed by atoms with E-state index in [0.29, 0.717) is 0 Å². The van der Waals surface area contributed by atoms with Gasteiger partial charge in [-0.2, -0.15) is 0 Å². The van der Waals surface area contributed by atoms with Crippen molar-refractivity contribution in [2.24, 2.45) is 0 Å². The number of aromatic nitrogens is 5. The molecule has 6 nitrogen and oxygen atoms in total. The first-order valence-electron chi connectivity index (χ1n) is 6.19. The molecule has 3 heterocycles. The van der Waals surface area contributed by atoms with Crippen molar-refractivity contribution in [3.8, 4) is 17.0 Å². The Kier molecular flexibility index (Phi) is 2.23. The Labute approximate surface area is 114 Å². The van der Waals surface area contributed by atoms with E-state index in [-0.39, 0.29) is 0 Å². The van der Waals surface area contributed by atoms with Crippen molar-refractivity contribution in [3.05, 3.63) is 42.7 Å². The first kappa shape index (κ1) is 11.0. The molecule has 98 valence electrons. The molecule has 4 rings (SSSR count). The summed E-state index contributed by atoms with van der Waals surface area (Å²) in [6.45, 7) is 0. The van der Waals surface area contributed by atoms with Gasteiger partial charge in [-0.3, -0.25) is 0 Å². The minimum atomic E-state index is 0.795. The zero-order valence-corrected chi connectivity index (χ0v) is 10.7. The predicted molar refractivity (Wildman–Crippen MR) is 74.6 cm³/mol. The van der Waals surface area contributed by atoms with Crippen LogP contribution in [-0.4, -0.2) is 31.9 Å². The minimum absolute atomic E-state index is 0.795. The fourth-order valence-corrected chi connectivity index (χ4v) is 2.29. The third-order valence-corrected chi connectivity index (χ3v) is 3.32. The largest absolute Gasteiger partial charge is 0.497 e. The van der Waals surface area contributed by atoms with Gasteiger partial charge in [0.15, 0.2) is 5.65 Å². The van der Waals surface area contributed by atoms with Crippen LogP contribution in [-0.2, 0) is 0 Å². The molecule has 6 heteroatoms. The second kappa shape index (κ2) is 4.06. The summed E-state index contributed by atoms with van der Waals surface area (Å²) in [6.07, 6.45) is 3.62. The number of benzene rings is 1. The molecule has 0 amide bonds. The molecule has 0 atom stereocenters. The van der Waals surface area contributed by atoms with E-state index < -0.39 is 0 Å². The summed E-state index contributed by atoms with van der Waals surface area (Å²) in [4.78, 5) is 7.44. The minimum Gasteiger partial charge on any atom is -0.497 e. The topological polar surface area (TPSA) is 68.1 Å². The summed E-state index contributed by atoms with van der Waals surface area (Å²) in [6, 6.07) is 9.67. The highest BCUT2D eigenvalue weighted by molar-refractivity contribution is 5.82. The molecule has 0 aliphatic carbocycles. The van der Waals surface area contributed by atoms with Gasteiger partial charge in [-0.05, 0) is 30.3 Å². The third kappa shape index (κ3) is 1.48. The summed E-state index contributed by atoms with van der Waals surface area (Å²) in [5.74, 6) is 0.816. The first-order valence-corrected chi connectivity index (χ1v) is 6.19. The molecule has 1 aromatic carbocycles. The Balaban J connectivity index is 1.94. The van der Waals surface area contributed by atoms with Crippen LogP contribution in [0.4, 0.5) is 0 Å². The number of aromatic amines is 1. The van der Waals surface area contributed by atoms with Crippen LogP contribution in [0.25, 0.3) is 27.9 Å². The highest BCUT2D eigenvalue weighted by atomic mass is 16.5. The lowest BCUT2D eigenvalue weighted by Crippen LogP contribution is -1.90. The van der Waals surface area contributed by atoms with Crippen LogP contribution >= 0.6 is 0 Å². The zero-order valence-electron chi connectivity index (χ0n) is 10.7. The molecule has 0 saturated carbocycles. The van der Waals surface area contributed by atoms with E-state index in [1.807, 2.05) is 36.5 Å². The van der Waals surface area contributed by atoms with Crippen LogP contribution in [0.5, 0.6) is 5.75 Å². The lowest BCUT2D eigenvalue weighted by atomic mass is 10.1. The zero-order chi connectivity index (χ0) is 13.5. The normalized spacial score (nSPS) is 11.2. The molecule has 0 radical (unpaired) electrons. The molecule has 0 unspecified atom stereocenters. The number of hydrogen-bond acceptors (Lipinski definition) is 4. The maximum absolute atomic E-state index is 5.16. The molecule has 4 aromatic rings. The standard InChI is InChI=1S/C14H11N5O/c1-20-10-4-2-9(3-5-10)13-12-8-16-14-11(6-7-15-14)19(12)18-17-13/h2-8,15H,1H3. The van der Waals surface area contributed by atoms with Crippen LogP contribution in [0.15, 0.2) is 42.7 Å². The smallest absolute Gasteiger partial charge is 0.156 e. The Morgan fingerprint density at radius 1 is 1.10 bits per heavy atom. The molecule has 0 saturated heterocycles. The van der Waals surface area contributed by atoms with Gasteiger partial charge in [-0.25, -0.2) is 9.50 Å². The van der Waals surface area contributed by atoms with Gasteiger partial charge in [0.1, 0.15) is 22.5 Å². The average molecular weight is 265 g/mol. The number of H-pyrrole nitrogens is 1. The molecule has 3 aromatic heterocycles. The summed E-state index contributed by atoms with van der Waals surface area (Å²) in [7, 11) is 1.65. The maximum atomic E-state index is 5.16. The van der Waals surface area contributed by atoms with Gasteiger partial charge in [-0.15, -0.1) is 5.10 Å². The monoisotopic (exact) mass is 265 g/mol. The van der Waals surface area contributed by atoms with Gasteiger partial charge >= 0.3 is 0 Å². The second-order valence-corrected chi connectivity index (χ2v) is 4.43. The molecule has 0 spiro atoms. The van der Waals surface area contributed by atoms with Crippen molar-refractivity contribution in [2.75, 3.05) is 7.11 Å². The quantitative estimate of drug-likeness (QED) is 0.603. The van der Waals surface area contributed by atoms with Gasteiger partial charge in [0.2, 0.25) is 0 Å². The van der Waals surface area contributed by atoms with Crippen LogP contribution in [0.2, 0.25) is 0 Å². The lowest BCUT2D eigenvalue weighted by molar-refractivity contribution is 0.415. The van der Waals surface area contributed by atoms with Crippen LogP contribution in [0.1, 0.15) is 0 Å². The molecule has 0 fully saturated rings. The maximum Gasteiger partial charge on any atom is 0.156 e. The number of nitrogens with zero attached hydrogens (tertiary/aromatic N) is 4. The van der Waals surface area contributed by atoms with Gasteiger partial charge in [0, 0.05) is 11.8 Å². The van der Waals surface area contributed by atoms with Crippen LogP contribution < -0.4 is 4.74 Å². The van der Waals surface area contributed by atoms with Crippen molar-refractivity contribution in [1.29, 1.82) is 0 Å². The van der Waals surface area contributed by atoms with E-state index in [4.69, 9.17) is 4.74 Å². The molecule has 1 N–H and O–H groups in total.